The summed E-state index contributed by atoms with van der Waals surface area (Å²) >= 11 is 0. The molecule has 6 nitrogen and oxygen atoms in total. The lowest BCUT2D eigenvalue weighted by molar-refractivity contribution is 0.101. The Morgan fingerprint density at radius 1 is 1.03 bits per heavy atom. The van der Waals surface area contributed by atoms with Crippen molar-refractivity contribution in [3.8, 4) is 12.1 Å². The summed E-state index contributed by atoms with van der Waals surface area (Å²) in [5.74, 6) is 0.374. The minimum Gasteiger partial charge on any atom is -0.325 e. The van der Waals surface area contributed by atoms with Crippen LogP contribution in [0.5, 0.6) is 0 Å². The minimum absolute atomic E-state index is 0.0821. The number of benzene rings is 2. The van der Waals surface area contributed by atoms with E-state index in [-0.39, 0.29) is 11.4 Å². The van der Waals surface area contributed by atoms with Gasteiger partial charge < -0.3 is 9.47 Å². The molecule has 2 aromatic carbocycles. The van der Waals surface area contributed by atoms with Gasteiger partial charge in [0.25, 0.3) is 0 Å². The highest BCUT2D eigenvalue weighted by molar-refractivity contribution is 6.11. The van der Waals surface area contributed by atoms with Gasteiger partial charge in [0.1, 0.15) is 18.0 Å². The van der Waals surface area contributed by atoms with Crippen molar-refractivity contribution in [1.29, 1.82) is 10.5 Å². The van der Waals surface area contributed by atoms with Crippen molar-refractivity contribution >= 4 is 22.9 Å². The lowest BCUT2D eigenvalue weighted by Gasteiger charge is -2.26. The van der Waals surface area contributed by atoms with E-state index in [2.05, 4.69) is 0 Å². The fraction of sp³-hybridized carbons (Fsp3) is 0.0769. The summed E-state index contributed by atoms with van der Waals surface area (Å²) in [5.41, 5.74) is 2.84. The molecular weight excluding hydrogens is 398 g/mol. The number of nitrogens with zero attached hydrogens (tertiary/aromatic N) is 5. The molecule has 0 N–H and O–H groups in total. The van der Waals surface area contributed by atoms with Crippen molar-refractivity contribution in [3.63, 3.8) is 0 Å². The number of aryl methyl sites for hydroxylation is 1. The molecule has 32 heavy (non-hydrogen) atoms. The van der Waals surface area contributed by atoms with Crippen molar-refractivity contribution in [2.24, 2.45) is 0 Å². The Labute approximate surface area is 185 Å². The number of hydrogen-bond acceptors (Lipinski definition) is 5. The number of para-hydroxylation sites is 2. The molecule has 0 fully saturated rings. The van der Waals surface area contributed by atoms with Crippen LogP contribution in [0, 0.1) is 22.7 Å². The number of aromatic nitrogens is 2. The Kier molecular flexibility index (Phi) is 5.78. The van der Waals surface area contributed by atoms with Crippen molar-refractivity contribution < 1.29 is 4.79 Å². The fourth-order valence-corrected chi connectivity index (χ4v) is 3.64. The topological polar surface area (TPSA) is 85.7 Å². The maximum absolute atomic E-state index is 13.6. The standard InChI is InChI=1S/C26H19N5O/c1-2-30-23-14-7-6-12-21(23)29-25(30)16-24(26(32)19-10-4-3-5-11-19)31-15-9-8-13-22(31)20(17-27)18-28/h3-16H,2H2,1H3/b24-16-. The molecule has 1 aliphatic heterocycles. The third-order valence-electron chi connectivity index (χ3n) is 5.13. The summed E-state index contributed by atoms with van der Waals surface area (Å²) < 4.78 is 2.02. The molecule has 0 saturated heterocycles. The lowest BCUT2D eigenvalue weighted by atomic mass is 10.0. The summed E-state index contributed by atoms with van der Waals surface area (Å²) in [4.78, 5) is 19.9. The predicted molar refractivity (Wildman–Crippen MR) is 123 cm³/mol. The van der Waals surface area contributed by atoms with Gasteiger partial charge in [-0.2, -0.15) is 10.5 Å². The van der Waals surface area contributed by atoms with Gasteiger partial charge >= 0.3 is 0 Å². The van der Waals surface area contributed by atoms with Crippen LogP contribution in [0.4, 0.5) is 0 Å². The Hall–Kier alpha value is -4.68. The van der Waals surface area contributed by atoms with Crippen LogP contribution in [0.3, 0.4) is 0 Å². The molecular formula is C26H19N5O. The van der Waals surface area contributed by atoms with E-state index < -0.39 is 0 Å². The first-order valence-electron chi connectivity index (χ1n) is 10.1. The van der Waals surface area contributed by atoms with Crippen LogP contribution < -0.4 is 0 Å². The molecule has 0 spiro atoms. The Balaban J connectivity index is 1.96. The number of ketones is 1. The van der Waals surface area contributed by atoms with Crippen molar-refractivity contribution in [2.75, 3.05) is 0 Å². The zero-order valence-electron chi connectivity index (χ0n) is 17.4. The number of carbonyl (C=O) groups excluding carboxylic acids is 1. The van der Waals surface area contributed by atoms with E-state index in [0.29, 0.717) is 29.3 Å². The van der Waals surface area contributed by atoms with Gasteiger partial charge in [-0.1, -0.05) is 48.5 Å². The van der Waals surface area contributed by atoms with Gasteiger partial charge in [-0.25, -0.2) is 4.98 Å². The molecule has 0 unspecified atom stereocenters. The van der Waals surface area contributed by atoms with E-state index in [1.165, 1.54) is 0 Å². The second kappa shape index (κ2) is 8.99. The minimum atomic E-state index is -0.243. The van der Waals surface area contributed by atoms with Gasteiger partial charge in [0, 0.05) is 24.4 Å². The Morgan fingerprint density at radius 2 is 1.75 bits per heavy atom. The van der Waals surface area contributed by atoms with Crippen LogP contribution in [0.1, 0.15) is 23.1 Å². The molecule has 2 heterocycles. The molecule has 0 atom stereocenters. The highest BCUT2D eigenvalue weighted by Gasteiger charge is 2.24. The summed E-state index contributed by atoms with van der Waals surface area (Å²) in [6.07, 6.45) is 8.53. The zero-order valence-corrected chi connectivity index (χ0v) is 17.4. The van der Waals surface area contributed by atoms with Gasteiger partial charge in [0.05, 0.1) is 22.4 Å². The molecule has 4 rings (SSSR count). The number of carbonyl (C=O) groups is 1. The average Bonchev–Trinajstić information content (AvgIpc) is 3.21. The van der Waals surface area contributed by atoms with E-state index in [1.807, 2.05) is 54.0 Å². The first-order chi connectivity index (χ1) is 15.7. The number of hydrogen-bond donors (Lipinski definition) is 0. The SMILES string of the molecule is CCn1c(/C=C(/C(=O)c2ccccc2)N2C=CC=CC2=C(C#N)C#N)nc2ccccc21. The van der Waals surface area contributed by atoms with Gasteiger partial charge in [0.2, 0.25) is 5.78 Å². The van der Waals surface area contributed by atoms with Crippen LogP contribution in [0.25, 0.3) is 17.1 Å². The number of Topliss-reactive ketones (excluding diaryl/α,β-unsaturated/α-hetero) is 1. The molecule has 6 heteroatoms. The van der Waals surface area contributed by atoms with Crippen LogP contribution in [-0.2, 0) is 6.54 Å². The monoisotopic (exact) mass is 417 g/mol. The molecule has 0 bridgehead atoms. The van der Waals surface area contributed by atoms with E-state index in [4.69, 9.17) is 4.98 Å². The molecule has 154 valence electrons. The van der Waals surface area contributed by atoms with Crippen LogP contribution in [0.15, 0.2) is 96.0 Å². The fourth-order valence-electron chi connectivity index (χ4n) is 3.64. The largest absolute Gasteiger partial charge is 0.325 e. The molecule has 1 aliphatic rings. The normalized spacial score (nSPS) is 13.2. The number of nitriles is 2. The molecule has 0 saturated carbocycles. The molecule has 1 aromatic heterocycles. The maximum Gasteiger partial charge on any atom is 0.209 e. The Morgan fingerprint density at radius 3 is 2.47 bits per heavy atom. The summed E-state index contributed by atoms with van der Waals surface area (Å²) in [5, 5.41) is 18.9. The third-order valence-corrected chi connectivity index (χ3v) is 5.13. The Bertz CT molecular complexity index is 1380. The predicted octanol–water partition coefficient (Wildman–Crippen LogP) is 4.97. The number of rotatable bonds is 5. The lowest BCUT2D eigenvalue weighted by Crippen LogP contribution is -2.24. The van der Waals surface area contributed by atoms with Crippen molar-refractivity contribution in [2.45, 2.75) is 13.5 Å². The first-order valence-corrected chi connectivity index (χ1v) is 10.1. The van der Waals surface area contributed by atoms with E-state index in [0.717, 1.165) is 11.0 Å². The molecule has 0 radical (unpaired) electrons. The summed E-state index contributed by atoms with van der Waals surface area (Å²) in [7, 11) is 0. The highest BCUT2D eigenvalue weighted by Crippen LogP contribution is 2.27. The summed E-state index contributed by atoms with van der Waals surface area (Å²) in [6.45, 7) is 2.68. The molecule has 0 amide bonds. The maximum atomic E-state index is 13.6. The van der Waals surface area contributed by atoms with Crippen LogP contribution in [-0.4, -0.2) is 20.2 Å². The smallest absolute Gasteiger partial charge is 0.209 e. The third kappa shape index (κ3) is 3.74. The van der Waals surface area contributed by atoms with E-state index in [1.54, 1.807) is 59.7 Å². The van der Waals surface area contributed by atoms with Crippen LogP contribution >= 0.6 is 0 Å². The number of imidazole rings is 1. The van der Waals surface area contributed by atoms with Gasteiger partial charge in [-0.15, -0.1) is 0 Å². The number of allylic oxidation sites excluding steroid dienone is 5. The van der Waals surface area contributed by atoms with Gasteiger partial charge in [-0.05, 0) is 31.2 Å². The van der Waals surface area contributed by atoms with E-state index >= 15 is 0 Å². The quantitative estimate of drug-likeness (QED) is 0.332. The van der Waals surface area contributed by atoms with Gasteiger partial charge in [-0.3, -0.25) is 4.79 Å². The molecule has 3 aromatic rings. The molecule has 0 aliphatic carbocycles. The second-order valence-electron chi connectivity index (χ2n) is 6.98. The second-order valence-corrected chi connectivity index (χ2v) is 6.98. The van der Waals surface area contributed by atoms with Crippen molar-refractivity contribution in [1.82, 2.24) is 14.5 Å². The number of fused-ring (bicyclic) bond motifs is 1. The van der Waals surface area contributed by atoms with Gasteiger partial charge in [0.15, 0.2) is 5.57 Å². The van der Waals surface area contributed by atoms with E-state index in [9.17, 15) is 15.3 Å². The highest BCUT2D eigenvalue weighted by atomic mass is 16.1. The van der Waals surface area contributed by atoms with Crippen LogP contribution in [0.2, 0.25) is 0 Å². The zero-order chi connectivity index (χ0) is 22.5. The first kappa shape index (κ1) is 20.6. The van der Waals surface area contributed by atoms with Crippen molar-refractivity contribution in [3.05, 3.63) is 107 Å². The summed E-state index contributed by atoms with van der Waals surface area (Å²) in [6, 6.07) is 20.5. The average molecular weight is 417 g/mol.